The fraction of sp³-hybridized carbons (Fsp3) is 0.286. The highest BCUT2D eigenvalue weighted by Gasteiger charge is 2.28. The number of carbonyl (C=O) groups is 1. The number of nitro groups is 1. The van der Waals surface area contributed by atoms with E-state index in [0.29, 0.717) is 28.8 Å². The molecule has 8 nitrogen and oxygen atoms in total. The van der Waals surface area contributed by atoms with Gasteiger partial charge in [0.25, 0.3) is 11.2 Å². The van der Waals surface area contributed by atoms with E-state index in [9.17, 15) is 19.7 Å². The molecule has 1 heterocycles. The summed E-state index contributed by atoms with van der Waals surface area (Å²) < 4.78 is 1.72. The summed E-state index contributed by atoms with van der Waals surface area (Å²) in [6.45, 7) is 1.77. The van der Waals surface area contributed by atoms with Gasteiger partial charge in [-0.05, 0) is 37.5 Å². The minimum absolute atomic E-state index is 0.0666. The van der Waals surface area contributed by atoms with Crippen molar-refractivity contribution in [1.82, 2.24) is 9.55 Å². The number of hydrogen-bond acceptors (Lipinski definition) is 5. The number of rotatable bonds is 6. The molecule has 8 heteroatoms. The average Bonchev–Trinajstić information content (AvgIpc) is 3.53. The summed E-state index contributed by atoms with van der Waals surface area (Å²) in [6.07, 6.45) is 2.31. The van der Waals surface area contributed by atoms with Gasteiger partial charge in [-0.25, -0.2) is 4.98 Å². The zero-order valence-electron chi connectivity index (χ0n) is 15.9. The molecule has 1 aromatic heterocycles. The molecular formula is C21H20N4O4. The van der Waals surface area contributed by atoms with E-state index in [1.54, 1.807) is 29.7 Å². The van der Waals surface area contributed by atoms with Crippen molar-refractivity contribution in [3.05, 3.63) is 74.3 Å². The summed E-state index contributed by atoms with van der Waals surface area (Å²) in [5.41, 5.74) is 1.63. The Balaban J connectivity index is 1.55. The third kappa shape index (κ3) is 3.87. The van der Waals surface area contributed by atoms with Crippen molar-refractivity contribution in [3.63, 3.8) is 0 Å². The number of nitrogens with zero attached hydrogens (tertiary/aromatic N) is 3. The van der Waals surface area contributed by atoms with Crippen LogP contribution >= 0.6 is 0 Å². The molecule has 1 saturated carbocycles. The van der Waals surface area contributed by atoms with Crippen LogP contribution in [0.25, 0.3) is 10.9 Å². The van der Waals surface area contributed by atoms with Gasteiger partial charge in [-0.1, -0.05) is 18.2 Å². The van der Waals surface area contributed by atoms with Gasteiger partial charge in [0, 0.05) is 31.0 Å². The number of anilines is 1. The van der Waals surface area contributed by atoms with Crippen molar-refractivity contribution in [2.24, 2.45) is 0 Å². The molecule has 0 saturated heterocycles. The third-order valence-corrected chi connectivity index (χ3v) is 5.07. The van der Waals surface area contributed by atoms with Gasteiger partial charge in [0.1, 0.15) is 5.82 Å². The first-order valence-corrected chi connectivity index (χ1v) is 9.49. The summed E-state index contributed by atoms with van der Waals surface area (Å²) in [6, 6.07) is 11.7. The number of nitro benzene ring substituents is 1. The molecular weight excluding hydrogens is 372 g/mol. The molecule has 0 radical (unpaired) electrons. The molecule has 0 spiro atoms. The maximum Gasteiger partial charge on any atom is 0.271 e. The minimum atomic E-state index is -0.498. The van der Waals surface area contributed by atoms with Gasteiger partial charge in [0.2, 0.25) is 5.91 Å². The standard InChI is InChI=1S/C21H20N4O4/c1-13-6-7-15(25(28)29)12-18(13)23-20(26)11-10-19-22-17-5-3-2-4-16(17)21(27)24(19)14-8-9-14/h2-7,12,14H,8-11H2,1H3,(H,23,26). The second-order valence-corrected chi connectivity index (χ2v) is 7.26. The zero-order valence-corrected chi connectivity index (χ0v) is 15.9. The maximum atomic E-state index is 12.9. The number of nitrogens with one attached hydrogen (secondary N) is 1. The quantitative estimate of drug-likeness (QED) is 0.510. The molecule has 1 amide bonds. The number of non-ortho nitro benzene ring substituents is 1. The SMILES string of the molecule is Cc1ccc([N+](=O)[O-])cc1NC(=O)CCc1nc2ccccc2c(=O)n1C1CC1. The normalized spacial score (nSPS) is 13.4. The number of aryl methyl sites for hydroxylation is 2. The molecule has 1 N–H and O–H groups in total. The monoisotopic (exact) mass is 392 g/mol. The van der Waals surface area contributed by atoms with Gasteiger partial charge in [-0.15, -0.1) is 0 Å². The second-order valence-electron chi connectivity index (χ2n) is 7.26. The number of aromatic nitrogens is 2. The lowest BCUT2D eigenvalue weighted by Gasteiger charge is -2.13. The Kier molecular flexibility index (Phi) is 4.84. The number of para-hydroxylation sites is 1. The van der Waals surface area contributed by atoms with E-state index in [2.05, 4.69) is 10.3 Å². The molecule has 1 aliphatic carbocycles. The van der Waals surface area contributed by atoms with E-state index in [4.69, 9.17) is 0 Å². The van der Waals surface area contributed by atoms with E-state index in [0.717, 1.165) is 18.4 Å². The van der Waals surface area contributed by atoms with Crippen LogP contribution in [0.2, 0.25) is 0 Å². The molecule has 0 atom stereocenters. The Morgan fingerprint density at radius 3 is 2.76 bits per heavy atom. The summed E-state index contributed by atoms with van der Waals surface area (Å²) in [5, 5.41) is 14.3. The van der Waals surface area contributed by atoms with Crippen LogP contribution in [0.1, 0.15) is 36.7 Å². The molecule has 4 rings (SSSR count). The Hall–Kier alpha value is -3.55. The molecule has 2 aromatic carbocycles. The molecule has 1 fully saturated rings. The lowest BCUT2D eigenvalue weighted by atomic mass is 10.1. The van der Waals surface area contributed by atoms with Crippen LogP contribution in [0.4, 0.5) is 11.4 Å². The number of amides is 1. The van der Waals surface area contributed by atoms with Gasteiger partial charge in [0.05, 0.1) is 21.5 Å². The van der Waals surface area contributed by atoms with Gasteiger partial charge in [-0.3, -0.25) is 24.3 Å². The highest BCUT2D eigenvalue weighted by molar-refractivity contribution is 5.92. The first-order valence-electron chi connectivity index (χ1n) is 9.49. The van der Waals surface area contributed by atoms with E-state index < -0.39 is 4.92 Å². The highest BCUT2D eigenvalue weighted by atomic mass is 16.6. The summed E-state index contributed by atoms with van der Waals surface area (Å²) in [4.78, 5) is 40.4. The van der Waals surface area contributed by atoms with Crippen LogP contribution in [0.15, 0.2) is 47.3 Å². The Morgan fingerprint density at radius 1 is 1.28 bits per heavy atom. The van der Waals surface area contributed by atoms with Crippen LogP contribution in [0, 0.1) is 17.0 Å². The van der Waals surface area contributed by atoms with Crippen molar-refractivity contribution in [1.29, 1.82) is 0 Å². The van der Waals surface area contributed by atoms with Gasteiger partial charge in [0.15, 0.2) is 0 Å². The lowest BCUT2D eigenvalue weighted by Crippen LogP contribution is -2.25. The maximum absolute atomic E-state index is 12.9. The van der Waals surface area contributed by atoms with Gasteiger partial charge >= 0.3 is 0 Å². The first kappa shape index (κ1) is 18.8. The average molecular weight is 392 g/mol. The number of fused-ring (bicyclic) bond motifs is 1. The Labute approximate surface area is 166 Å². The van der Waals surface area contributed by atoms with Crippen LogP contribution in [-0.4, -0.2) is 20.4 Å². The highest BCUT2D eigenvalue weighted by Crippen LogP contribution is 2.35. The zero-order chi connectivity index (χ0) is 20.5. The van der Waals surface area contributed by atoms with E-state index in [1.807, 2.05) is 12.1 Å². The second kappa shape index (κ2) is 7.46. The van der Waals surface area contributed by atoms with Crippen LogP contribution in [0.3, 0.4) is 0 Å². The molecule has 0 aliphatic heterocycles. The third-order valence-electron chi connectivity index (χ3n) is 5.07. The predicted octanol–water partition coefficient (Wildman–Crippen LogP) is 3.52. The predicted molar refractivity (Wildman–Crippen MR) is 109 cm³/mol. The van der Waals surface area contributed by atoms with Crippen molar-refractivity contribution < 1.29 is 9.72 Å². The Morgan fingerprint density at radius 2 is 2.03 bits per heavy atom. The summed E-state index contributed by atoms with van der Waals surface area (Å²) >= 11 is 0. The van der Waals surface area contributed by atoms with Crippen molar-refractivity contribution in [3.8, 4) is 0 Å². The molecule has 148 valence electrons. The van der Waals surface area contributed by atoms with Crippen molar-refractivity contribution >= 4 is 28.2 Å². The molecule has 29 heavy (non-hydrogen) atoms. The molecule has 3 aromatic rings. The minimum Gasteiger partial charge on any atom is -0.326 e. The number of benzene rings is 2. The van der Waals surface area contributed by atoms with Crippen LogP contribution < -0.4 is 10.9 Å². The van der Waals surface area contributed by atoms with Crippen LogP contribution in [-0.2, 0) is 11.2 Å². The summed E-state index contributed by atoms with van der Waals surface area (Å²) in [5.74, 6) is 0.320. The van der Waals surface area contributed by atoms with Crippen molar-refractivity contribution in [2.75, 3.05) is 5.32 Å². The lowest BCUT2D eigenvalue weighted by molar-refractivity contribution is -0.384. The van der Waals surface area contributed by atoms with E-state index in [1.165, 1.54) is 12.1 Å². The Bertz CT molecular complexity index is 1180. The fourth-order valence-corrected chi connectivity index (χ4v) is 3.37. The van der Waals surface area contributed by atoms with E-state index in [-0.39, 0.29) is 29.6 Å². The first-order chi connectivity index (χ1) is 13.9. The van der Waals surface area contributed by atoms with Gasteiger partial charge < -0.3 is 5.32 Å². The molecule has 0 unspecified atom stereocenters. The topological polar surface area (TPSA) is 107 Å². The van der Waals surface area contributed by atoms with E-state index >= 15 is 0 Å². The summed E-state index contributed by atoms with van der Waals surface area (Å²) in [7, 11) is 0. The van der Waals surface area contributed by atoms with Crippen LogP contribution in [0.5, 0.6) is 0 Å². The van der Waals surface area contributed by atoms with Crippen molar-refractivity contribution in [2.45, 2.75) is 38.6 Å². The number of hydrogen-bond donors (Lipinski definition) is 1. The smallest absolute Gasteiger partial charge is 0.271 e. The largest absolute Gasteiger partial charge is 0.326 e. The fourth-order valence-electron chi connectivity index (χ4n) is 3.37. The number of carbonyl (C=O) groups excluding carboxylic acids is 1. The molecule has 0 bridgehead atoms. The van der Waals surface area contributed by atoms with Gasteiger partial charge in [-0.2, -0.15) is 0 Å². The molecule has 1 aliphatic rings.